The zero-order valence-electron chi connectivity index (χ0n) is 14.9. The van der Waals surface area contributed by atoms with Crippen LogP contribution in [0.15, 0.2) is 48.5 Å². The fourth-order valence-electron chi connectivity index (χ4n) is 4.42. The third-order valence-electron chi connectivity index (χ3n) is 5.90. The molecule has 1 aliphatic heterocycles. The van der Waals surface area contributed by atoms with Gasteiger partial charge in [0, 0.05) is 31.5 Å². The number of β-amino-alcohol motifs (C(OH)–C–C–N with tert-alkyl or cyclic N) is 1. The minimum Gasteiger partial charge on any atom is -0.390 e. The number of benzene rings is 2. The Morgan fingerprint density at radius 3 is 2.58 bits per heavy atom. The molecule has 0 spiro atoms. The third-order valence-corrected chi connectivity index (χ3v) is 5.90. The Balaban J connectivity index is 1.51. The lowest BCUT2D eigenvalue weighted by Gasteiger charge is -2.43. The molecule has 26 heavy (non-hydrogen) atoms. The highest BCUT2D eigenvalue weighted by Gasteiger charge is 2.42. The second-order valence-electron chi connectivity index (χ2n) is 7.66. The number of rotatable bonds is 5. The first-order valence-electron chi connectivity index (χ1n) is 9.31. The zero-order valence-corrected chi connectivity index (χ0v) is 14.9. The van der Waals surface area contributed by atoms with Gasteiger partial charge in [0.1, 0.15) is 11.6 Å². The molecule has 2 unspecified atom stereocenters. The summed E-state index contributed by atoms with van der Waals surface area (Å²) in [6.07, 6.45) is 1.15. The van der Waals surface area contributed by atoms with E-state index < -0.39 is 0 Å². The number of hydrogen-bond donors (Lipinski definition) is 1. The molecule has 3 nitrogen and oxygen atoms in total. The molecule has 4 rings (SSSR count). The van der Waals surface area contributed by atoms with Crippen LogP contribution >= 0.6 is 0 Å². The first-order valence-corrected chi connectivity index (χ1v) is 9.31. The maximum Gasteiger partial charge on any atom is 0.140 e. The number of aliphatic hydroxyl groups is 1. The average molecular weight is 353 g/mol. The standard InChI is InChI=1S/C22H24FNO2/c1-14(15-6-8-18(23)9-7-15)21(26)11-17-10-16-4-2-3-5-20(16)22(17)24-12-19(25)13-24/h2-9,14,17,19,22,25H,10-13H2,1H3/t14-,17?,22?/m0/s1. The van der Waals surface area contributed by atoms with E-state index in [2.05, 4.69) is 17.0 Å². The van der Waals surface area contributed by atoms with Crippen LogP contribution in [0.5, 0.6) is 0 Å². The predicted molar refractivity (Wildman–Crippen MR) is 98.4 cm³/mol. The highest BCUT2D eigenvalue weighted by molar-refractivity contribution is 5.85. The van der Waals surface area contributed by atoms with Gasteiger partial charge in [0.05, 0.1) is 6.10 Å². The smallest absolute Gasteiger partial charge is 0.140 e. The van der Waals surface area contributed by atoms with E-state index in [1.165, 1.54) is 23.3 Å². The van der Waals surface area contributed by atoms with Crippen molar-refractivity contribution in [3.63, 3.8) is 0 Å². The second kappa shape index (κ2) is 6.93. The summed E-state index contributed by atoms with van der Waals surface area (Å²) in [5.41, 5.74) is 3.47. The number of hydrogen-bond acceptors (Lipinski definition) is 3. The highest BCUT2D eigenvalue weighted by Crippen LogP contribution is 2.44. The number of Topliss-reactive ketones (excluding diaryl/α,β-unsaturated/α-hetero) is 1. The Labute approximate surface area is 153 Å². The van der Waals surface area contributed by atoms with Crippen LogP contribution in [0.4, 0.5) is 4.39 Å². The molecule has 2 aromatic rings. The lowest BCUT2D eigenvalue weighted by molar-refractivity contribution is -0.122. The van der Waals surface area contributed by atoms with E-state index in [1.54, 1.807) is 12.1 Å². The molecule has 136 valence electrons. The van der Waals surface area contributed by atoms with Gasteiger partial charge in [0.25, 0.3) is 0 Å². The van der Waals surface area contributed by atoms with Crippen molar-refractivity contribution >= 4 is 5.78 Å². The number of ketones is 1. The number of halogens is 1. The van der Waals surface area contributed by atoms with Crippen LogP contribution in [0.2, 0.25) is 0 Å². The summed E-state index contributed by atoms with van der Waals surface area (Å²) in [6.45, 7) is 3.26. The molecular formula is C22H24FNO2. The normalized spacial score (nSPS) is 24.1. The highest BCUT2D eigenvalue weighted by atomic mass is 19.1. The molecule has 1 fully saturated rings. The van der Waals surface area contributed by atoms with E-state index in [1.807, 2.05) is 19.1 Å². The lowest BCUT2D eigenvalue weighted by Crippen LogP contribution is -2.53. The van der Waals surface area contributed by atoms with E-state index in [0.29, 0.717) is 19.5 Å². The SMILES string of the molecule is C[C@H](C(=O)CC1Cc2ccccc2C1N1CC(O)C1)c1ccc(F)cc1. The maximum atomic E-state index is 13.1. The van der Waals surface area contributed by atoms with E-state index in [9.17, 15) is 14.3 Å². The fraction of sp³-hybridized carbons (Fsp3) is 0.409. The number of fused-ring (bicyclic) bond motifs is 1. The molecule has 1 aliphatic carbocycles. The van der Waals surface area contributed by atoms with Crippen molar-refractivity contribution in [2.75, 3.05) is 13.1 Å². The number of likely N-dealkylation sites (tertiary alicyclic amines) is 1. The van der Waals surface area contributed by atoms with Gasteiger partial charge in [0.2, 0.25) is 0 Å². The molecule has 1 N–H and O–H groups in total. The topological polar surface area (TPSA) is 40.5 Å². The molecule has 4 heteroatoms. The van der Waals surface area contributed by atoms with E-state index in [4.69, 9.17) is 0 Å². The van der Waals surface area contributed by atoms with Crippen LogP contribution in [-0.4, -0.2) is 35.0 Å². The Hall–Kier alpha value is -2.04. The van der Waals surface area contributed by atoms with Crippen molar-refractivity contribution in [2.45, 2.75) is 37.8 Å². The van der Waals surface area contributed by atoms with Crippen molar-refractivity contribution in [3.05, 3.63) is 71.0 Å². The van der Waals surface area contributed by atoms with Gasteiger partial charge in [-0.3, -0.25) is 9.69 Å². The lowest BCUT2D eigenvalue weighted by atomic mass is 9.86. The van der Waals surface area contributed by atoms with E-state index in [0.717, 1.165) is 12.0 Å². The largest absolute Gasteiger partial charge is 0.390 e. The first kappa shape index (κ1) is 17.4. The summed E-state index contributed by atoms with van der Waals surface area (Å²) in [4.78, 5) is 15.2. The number of aliphatic hydroxyl groups excluding tert-OH is 1. The minimum atomic E-state index is -0.281. The van der Waals surface area contributed by atoms with Crippen LogP contribution in [0.1, 0.15) is 42.0 Å². The number of nitrogens with zero attached hydrogens (tertiary/aromatic N) is 1. The Morgan fingerprint density at radius 1 is 1.19 bits per heavy atom. The fourth-order valence-corrected chi connectivity index (χ4v) is 4.42. The van der Waals surface area contributed by atoms with Gasteiger partial charge in [-0.15, -0.1) is 0 Å². The first-order chi connectivity index (χ1) is 12.5. The molecule has 0 aromatic heterocycles. The Bertz CT molecular complexity index is 798. The molecule has 0 radical (unpaired) electrons. The summed E-state index contributed by atoms with van der Waals surface area (Å²) in [5, 5.41) is 9.71. The van der Waals surface area contributed by atoms with Gasteiger partial charge in [0.15, 0.2) is 0 Å². The molecule has 0 saturated carbocycles. The van der Waals surface area contributed by atoms with Gasteiger partial charge < -0.3 is 5.11 Å². The van der Waals surface area contributed by atoms with Crippen molar-refractivity contribution in [1.29, 1.82) is 0 Å². The van der Waals surface area contributed by atoms with Gasteiger partial charge >= 0.3 is 0 Å². The summed E-state index contributed by atoms with van der Waals surface area (Å²) >= 11 is 0. The van der Waals surface area contributed by atoms with Crippen LogP contribution in [0.3, 0.4) is 0 Å². The van der Waals surface area contributed by atoms with E-state index in [-0.39, 0.29) is 35.6 Å². The van der Waals surface area contributed by atoms with E-state index >= 15 is 0 Å². The average Bonchev–Trinajstić information content (AvgIpc) is 2.96. The van der Waals surface area contributed by atoms with Gasteiger partial charge in [-0.1, -0.05) is 43.3 Å². The zero-order chi connectivity index (χ0) is 18.3. The van der Waals surface area contributed by atoms with Crippen molar-refractivity contribution in [3.8, 4) is 0 Å². The summed E-state index contributed by atoms with van der Waals surface area (Å²) in [7, 11) is 0. The molecule has 1 heterocycles. The molecule has 3 atom stereocenters. The van der Waals surface area contributed by atoms with Gasteiger partial charge in [-0.2, -0.15) is 0 Å². The molecule has 0 bridgehead atoms. The monoisotopic (exact) mass is 353 g/mol. The predicted octanol–water partition coefficient (Wildman–Crippen LogP) is 3.48. The molecular weight excluding hydrogens is 329 g/mol. The van der Waals surface area contributed by atoms with Crippen molar-refractivity contribution < 1.29 is 14.3 Å². The van der Waals surface area contributed by atoms with Gasteiger partial charge in [-0.25, -0.2) is 4.39 Å². The number of carbonyl (C=O) groups excluding carboxylic acids is 1. The van der Waals surface area contributed by atoms with Crippen LogP contribution in [0.25, 0.3) is 0 Å². The number of carbonyl (C=O) groups is 1. The molecule has 1 saturated heterocycles. The second-order valence-corrected chi connectivity index (χ2v) is 7.66. The molecule has 0 amide bonds. The van der Waals surface area contributed by atoms with Crippen LogP contribution in [-0.2, 0) is 11.2 Å². The van der Waals surface area contributed by atoms with Crippen molar-refractivity contribution in [1.82, 2.24) is 4.90 Å². The van der Waals surface area contributed by atoms with Crippen molar-refractivity contribution in [2.24, 2.45) is 5.92 Å². The quantitative estimate of drug-likeness (QED) is 0.895. The van der Waals surface area contributed by atoms with Crippen LogP contribution in [0, 0.1) is 11.7 Å². The Morgan fingerprint density at radius 2 is 1.88 bits per heavy atom. The summed E-state index contributed by atoms with van der Waals surface area (Å²) in [5.74, 6) is -0.0891. The maximum absolute atomic E-state index is 13.1. The van der Waals surface area contributed by atoms with Gasteiger partial charge in [-0.05, 0) is 41.2 Å². The third kappa shape index (κ3) is 3.19. The minimum absolute atomic E-state index is 0.195. The summed E-state index contributed by atoms with van der Waals surface area (Å²) in [6, 6.07) is 14.8. The summed E-state index contributed by atoms with van der Waals surface area (Å²) < 4.78 is 13.1. The molecule has 2 aromatic carbocycles. The Kier molecular flexibility index (Phi) is 4.63. The van der Waals surface area contributed by atoms with Crippen LogP contribution < -0.4 is 0 Å². The molecule has 2 aliphatic rings.